The molecular formula is C17H13F3O2. The Morgan fingerprint density at radius 1 is 0.909 bits per heavy atom. The van der Waals surface area contributed by atoms with E-state index in [2.05, 4.69) is 0 Å². The quantitative estimate of drug-likeness (QED) is 0.472. The van der Waals surface area contributed by atoms with Gasteiger partial charge in [-0.1, -0.05) is 6.07 Å². The molecule has 0 heterocycles. The predicted molar refractivity (Wildman–Crippen MR) is 74.4 cm³/mol. The second-order valence-electron chi connectivity index (χ2n) is 5.25. The average Bonchev–Trinajstić information content (AvgIpc) is 2.52. The van der Waals surface area contributed by atoms with Crippen molar-refractivity contribution in [1.82, 2.24) is 0 Å². The van der Waals surface area contributed by atoms with Gasteiger partial charge < -0.3 is 4.74 Å². The van der Waals surface area contributed by atoms with Crippen LogP contribution in [0.1, 0.15) is 34.3 Å². The Labute approximate surface area is 125 Å². The highest BCUT2D eigenvalue weighted by Gasteiger charge is 2.21. The minimum absolute atomic E-state index is 0.273. The fourth-order valence-corrected chi connectivity index (χ4v) is 2.62. The van der Waals surface area contributed by atoms with Crippen molar-refractivity contribution < 1.29 is 22.7 Å². The molecule has 0 aliphatic heterocycles. The average molecular weight is 306 g/mol. The molecule has 0 saturated carbocycles. The first-order chi connectivity index (χ1) is 10.6. The van der Waals surface area contributed by atoms with Crippen LogP contribution < -0.4 is 4.74 Å². The van der Waals surface area contributed by atoms with Gasteiger partial charge in [-0.3, -0.25) is 0 Å². The summed E-state index contributed by atoms with van der Waals surface area (Å²) >= 11 is 0. The van der Waals surface area contributed by atoms with Crippen LogP contribution in [0.2, 0.25) is 0 Å². The van der Waals surface area contributed by atoms with Gasteiger partial charge >= 0.3 is 5.97 Å². The molecule has 1 aliphatic carbocycles. The van der Waals surface area contributed by atoms with Gasteiger partial charge in [0, 0.05) is 0 Å². The fourth-order valence-electron chi connectivity index (χ4n) is 2.62. The molecule has 5 heteroatoms. The van der Waals surface area contributed by atoms with Crippen molar-refractivity contribution in [3.8, 4) is 5.75 Å². The number of fused-ring (bicyclic) bond motifs is 1. The summed E-state index contributed by atoms with van der Waals surface area (Å²) in [6.45, 7) is 0. The molecule has 3 rings (SSSR count). The first-order valence-electron chi connectivity index (χ1n) is 7.04. The molecule has 0 fully saturated rings. The van der Waals surface area contributed by atoms with Gasteiger partial charge in [0.15, 0.2) is 17.5 Å². The lowest BCUT2D eigenvalue weighted by molar-refractivity contribution is 0.0728. The van der Waals surface area contributed by atoms with Gasteiger partial charge in [-0.2, -0.15) is 0 Å². The molecule has 0 unspecified atom stereocenters. The van der Waals surface area contributed by atoms with Crippen molar-refractivity contribution in [3.05, 3.63) is 64.5 Å². The Bertz CT molecular complexity index is 741. The number of hydrogen-bond acceptors (Lipinski definition) is 2. The van der Waals surface area contributed by atoms with Crippen molar-refractivity contribution in [3.63, 3.8) is 0 Å². The minimum Gasteiger partial charge on any atom is -0.423 e. The summed E-state index contributed by atoms with van der Waals surface area (Å²) in [5.41, 5.74) is 1.68. The summed E-state index contributed by atoms with van der Waals surface area (Å²) in [7, 11) is 0. The van der Waals surface area contributed by atoms with Gasteiger partial charge in [0.25, 0.3) is 0 Å². The largest absolute Gasteiger partial charge is 0.423 e. The van der Waals surface area contributed by atoms with Gasteiger partial charge in [0.1, 0.15) is 5.75 Å². The molecule has 0 spiro atoms. The lowest BCUT2D eigenvalue weighted by Gasteiger charge is -2.16. The van der Waals surface area contributed by atoms with Crippen LogP contribution in [0.4, 0.5) is 13.2 Å². The van der Waals surface area contributed by atoms with Gasteiger partial charge in [0.2, 0.25) is 0 Å². The molecular weight excluding hydrogens is 293 g/mol. The van der Waals surface area contributed by atoms with Crippen LogP contribution in [0.5, 0.6) is 5.75 Å². The molecule has 0 N–H and O–H groups in total. The molecule has 0 bridgehead atoms. The summed E-state index contributed by atoms with van der Waals surface area (Å²) in [6, 6.07) is 6.80. The Balaban J connectivity index is 1.84. The number of aryl methyl sites for hydroxylation is 2. The van der Waals surface area contributed by atoms with Crippen LogP contribution in [-0.2, 0) is 12.8 Å². The van der Waals surface area contributed by atoms with E-state index in [9.17, 15) is 18.0 Å². The standard InChI is InChI=1S/C17H13F3O2/c18-14-8-7-13(15(19)16(14)20)17(21)22-12-6-5-10-3-1-2-4-11(10)9-12/h5-9H,1-4H2. The van der Waals surface area contributed by atoms with Gasteiger partial charge in [0.05, 0.1) is 5.56 Å². The van der Waals surface area contributed by atoms with Crippen LogP contribution >= 0.6 is 0 Å². The second kappa shape index (κ2) is 5.83. The Kier molecular flexibility index (Phi) is 3.88. The topological polar surface area (TPSA) is 26.3 Å². The van der Waals surface area contributed by atoms with Gasteiger partial charge in [-0.25, -0.2) is 18.0 Å². The Hall–Kier alpha value is -2.30. The van der Waals surface area contributed by atoms with Crippen LogP contribution in [0.15, 0.2) is 30.3 Å². The molecule has 0 aromatic heterocycles. The maximum atomic E-state index is 13.6. The van der Waals surface area contributed by atoms with Gasteiger partial charge in [-0.15, -0.1) is 0 Å². The smallest absolute Gasteiger partial charge is 0.346 e. The third-order valence-electron chi connectivity index (χ3n) is 3.79. The van der Waals surface area contributed by atoms with Crippen molar-refractivity contribution in [2.45, 2.75) is 25.7 Å². The van der Waals surface area contributed by atoms with E-state index in [1.54, 1.807) is 12.1 Å². The maximum absolute atomic E-state index is 13.6. The highest BCUT2D eigenvalue weighted by molar-refractivity contribution is 5.91. The van der Waals surface area contributed by atoms with E-state index in [1.165, 1.54) is 5.56 Å². The van der Waals surface area contributed by atoms with E-state index in [0.29, 0.717) is 6.07 Å². The zero-order valence-electron chi connectivity index (χ0n) is 11.7. The lowest BCUT2D eigenvalue weighted by Crippen LogP contribution is -2.13. The summed E-state index contributed by atoms with van der Waals surface area (Å²) in [5, 5.41) is 0. The summed E-state index contributed by atoms with van der Waals surface area (Å²) in [5.74, 6) is -5.34. The molecule has 22 heavy (non-hydrogen) atoms. The molecule has 114 valence electrons. The molecule has 0 saturated heterocycles. The molecule has 0 radical (unpaired) electrons. The zero-order valence-corrected chi connectivity index (χ0v) is 11.7. The number of carbonyl (C=O) groups is 1. The highest BCUT2D eigenvalue weighted by Crippen LogP contribution is 2.26. The first kappa shape index (κ1) is 14.6. The minimum atomic E-state index is -1.68. The van der Waals surface area contributed by atoms with Crippen molar-refractivity contribution in [2.24, 2.45) is 0 Å². The molecule has 1 aliphatic rings. The highest BCUT2D eigenvalue weighted by atomic mass is 19.2. The number of benzene rings is 2. The molecule has 2 aromatic rings. The van der Waals surface area contributed by atoms with Crippen molar-refractivity contribution in [2.75, 3.05) is 0 Å². The molecule has 2 aromatic carbocycles. The first-order valence-corrected chi connectivity index (χ1v) is 7.04. The predicted octanol–water partition coefficient (Wildman–Crippen LogP) is 4.20. The SMILES string of the molecule is O=C(Oc1ccc2c(c1)CCCC2)c1ccc(F)c(F)c1F. The normalized spacial score (nSPS) is 13.6. The number of hydrogen-bond donors (Lipinski definition) is 0. The third-order valence-corrected chi connectivity index (χ3v) is 3.79. The number of rotatable bonds is 2. The lowest BCUT2D eigenvalue weighted by atomic mass is 9.92. The summed E-state index contributed by atoms with van der Waals surface area (Å²) < 4.78 is 44.7. The van der Waals surface area contributed by atoms with Crippen LogP contribution in [0, 0.1) is 17.5 Å². The molecule has 0 atom stereocenters. The van der Waals surface area contributed by atoms with E-state index < -0.39 is 29.0 Å². The third kappa shape index (κ3) is 2.71. The van der Waals surface area contributed by atoms with E-state index in [-0.39, 0.29) is 5.75 Å². The van der Waals surface area contributed by atoms with Crippen molar-refractivity contribution in [1.29, 1.82) is 0 Å². The monoisotopic (exact) mass is 306 g/mol. The number of esters is 1. The van der Waals surface area contributed by atoms with E-state index >= 15 is 0 Å². The van der Waals surface area contributed by atoms with Gasteiger partial charge in [-0.05, 0) is 61.1 Å². The van der Waals surface area contributed by atoms with E-state index in [0.717, 1.165) is 37.3 Å². The fraction of sp³-hybridized carbons (Fsp3) is 0.235. The van der Waals surface area contributed by atoms with E-state index in [1.807, 2.05) is 6.07 Å². The Morgan fingerprint density at radius 2 is 1.64 bits per heavy atom. The number of halogens is 3. The second-order valence-corrected chi connectivity index (χ2v) is 5.25. The number of carbonyl (C=O) groups excluding carboxylic acids is 1. The molecule has 0 amide bonds. The van der Waals surface area contributed by atoms with Crippen LogP contribution in [0.3, 0.4) is 0 Å². The maximum Gasteiger partial charge on any atom is 0.346 e. The Morgan fingerprint density at radius 3 is 2.41 bits per heavy atom. The molecule has 2 nitrogen and oxygen atoms in total. The van der Waals surface area contributed by atoms with E-state index in [4.69, 9.17) is 4.74 Å². The summed E-state index contributed by atoms with van der Waals surface area (Å²) in [6.07, 6.45) is 4.09. The zero-order chi connectivity index (χ0) is 15.7. The van der Waals surface area contributed by atoms with Crippen molar-refractivity contribution >= 4 is 5.97 Å². The van der Waals surface area contributed by atoms with Crippen LogP contribution in [0.25, 0.3) is 0 Å². The number of ether oxygens (including phenoxy) is 1. The van der Waals surface area contributed by atoms with Crippen LogP contribution in [-0.4, -0.2) is 5.97 Å². The summed E-state index contributed by atoms with van der Waals surface area (Å²) in [4.78, 5) is 11.9.